The van der Waals surface area contributed by atoms with Crippen LogP contribution in [0.3, 0.4) is 0 Å². The van der Waals surface area contributed by atoms with Crippen molar-refractivity contribution in [3.8, 4) is 0 Å². The molecule has 2 fully saturated rings. The molecular weight excluding hydrogens is 122 g/mol. The van der Waals surface area contributed by atoms with Crippen LogP contribution in [0.2, 0.25) is 0 Å². The first-order valence-corrected chi connectivity index (χ1v) is 4.60. The fourth-order valence-electron chi connectivity index (χ4n) is 2.99. The summed E-state index contributed by atoms with van der Waals surface area (Å²) in [6.45, 7) is 2.28. The lowest BCUT2D eigenvalue weighted by molar-refractivity contribution is -0.430. The van der Waals surface area contributed by atoms with Crippen molar-refractivity contribution in [1.29, 1.82) is 0 Å². The molecule has 58 valence electrons. The quantitative estimate of drug-likeness (QED) is 0.564. The van der Waals surface area contributed by atoms with E-state index in [9.17, 15) is 0 Å². The van der Waals surface area contributed by atoms with Gasteiger partial charge in [-0.1, -0.05) is 6.42 Å². The molecule has 0 aromatic rings. The molecule has 0 radical (unpaired) electrons. The molecular formula is C9H18N+. The summed E-state index contributed by atoms with van der Waals surface area (Å²) in [4.78, 5) is 0. The molecule has 0 unspecified atom stereocenters. The zero-order valence-electron chi connectivity index (χ0n) is 6.84. The number of hydrogen-bond acceptors (Lipinski definition) is 0. The maximum Gasteiger partial charge on any atom is 0.0846 e. The van der Waals surface area contributed by atoms with Gasteiger partial charge in [0.25, 0.3) is 0 Å². The van der Waals surface area contributed by atoms with Crippen LogP contribution in [0, 0.1) is 17.8 Å². The minimum absolute atomic E-state index is 0.704. The number of hydrogen-bond donors (Lipinski definition) is 1. The number of fused-ring (bicyclic) bond motifs is 2. The Balaban J connectivity index is 2.02. The van der Waals surface area contributed by atoms with Crippen LogP contribution < -0.4 is 5.73 Å². The van der Waals surface area contributed by atoms with Gasteiger partial charge in [0.15, 0.2) is 0 Å². The smallest absolute Gasteiger partial charge is 0.0846 e. The third kappa shape index (κ3) is 0.878. The SMILES string of the molecule is C[C@H]([NH3+])[C@H]1C[C@H]2CC[C@@H]1C2. The van der Waals surface area contributed by atoms with Crippen LogP contribution in [0.5, 0.6) is 0 Å². The van der Waals surface area contributed by atoms with Gasteiger partial charge in [-0.25, -0.2) is 0 Å². The van der Waals surface area contributed by atoms with Gasteiger partial charge in [0.1, 0.15) is 0 Å². The second kappa shape index (κ2) is 2.23. The molecule has 0 amide bonds. The van der Waals surface area contributed by atoms with Gasteiger partial charge in [-0.15, -0.1) is 0 Å². The molecule has 2 bridgehead atoms. The largest absolute Gasteiger partial charge is 0.355 e. The zero-order chi connectivity index (χ0) is 7.14. The van der Waals surface area contributed by atoms with Crippen molar-refractivity contribution in [2.45, 2.75) is 38.6 Å². The third-order valence-corrected chi connectivity index (χ3v) is 3.52. The van der Waals surface area contributed by atoms with Gasteiger partial charge in [0.2, 0.25) is 0 Å². The Morgan fingerprint density at radius 2 is 2.10 bits per heavy atom. The molecule has 0 heterocycles. The van der Waals surface area contributed by atoms with Gasteiger partial charge in [0.05, 0.1) is 6.04 Å². The van der Waals surface area contributed by atoms with Crippen LogP contribution in [0.1, 0.15) is 32.6 Å². The molecule has 0 saturated heterocycles. The van der Waals surface area contributed by atoms with E-state index in [4.69, 9.17) is 0 Å². The summed E-state index contributed by atoms with van der Waals surface area (Å²) >= 11 is 0. The molecule has 0 aliphatic heterocycles. The van der Waals surface area contributed by atoms with E-state index < -0.39 is 0 Å². The summed E-state index contributed by atoms with van der Waals surface area (Å²) < 4.78 is 0. The highest BCUT2D eigenvalue weighted by atomic mass is 14.7. The van der Waals surface area contributed by atoms with Crippen molar-refractivity contribution in [3.05, 3.63) is 0 Å². The summed E-state index contributed by atoms with van der Waals surface area (Å²) in [7, 11) is 0. The Bertz CT molecular complexity index is 131. The van der Waals surface area contributed by atoms with Crippen LogP contribution in [0.4, 0.5) is 0 Å². The highest BCUT2D eigenvalue weighted by molar-refractivity contribution is 4.91. The van der Waals surface area contributed by atoms with Crippen LogP contribution in [0.15, 0.2) is 0 Å². The van der Waals surface area contributed by atoms with Gasteiger partial charge in [0, 0.05) is 5.92 Å². The fraction of sp³-hybridized carbons (Fsp3) is 1.00. The highest BCUT2D eigenvalue weighted by Gasteiger charge is 2.42. The molecule has 2 aliphatic rings. The first kappa shape index (κ1) is 6.66. The lowest BCUT2D eigenvalue weighted by Crippen LogP contribution is -2.63. The number of rotatable bonds is 1. The summed E-state index contributed by atoms with van der Waals surface area (Å²) in [5.41, 5.74) is 4.14. The molecule has 2 aliphatic carbocycles. The second-order valence-corrected chi connectivity index (χ2v) is 4.32. The fourth-order valence-corrected chi connectivity index (χ4v) is 2.99. The van der Waals surface area contributed by atoms with Gasteiger partial charge < -0.3 is 5.73 Å². The minimum Gasteiger partial charge on any atom is -0.355 e. The highest BCUT2D eigenvalue weighted by Crippen LogP contribution is 2.48. The van der Waals surface area contributed by atoms with E-state index in [1.165, 1.54) is 25.7 Å². The Labute approximate surface area is 63.0 Å². The van der Waals surface area contributed by atoms with Crippen molar-refractivity contribution in [1.82, 2.24) is 0 Å². The van der Waals surface area contributed by atoms with Gasteiger partial charge >= 0.3 is 0 Å². The standard InChI is InChI=1S/C9H17N/c1-6(10)9-5-7-2-3-8(9)4-7/h6-9H,2-5,10H2,1H3/p+1/t6-,7-,8+,9+/m0/s1. The summed E-state index contributed by atoms with van der Waals surface area (Å²) in [6, 6.07) is 0.704. The van der Waals surface area contributed by atoms with Crippen molar-refractivity contribution in [2.24, 2.45) is 17.8 Å². The van der Waals surface area contributed by atoms with Crippen LogP contribution in [-0.4, -0.2) is 6.04 Å². The van der Waals surface area contributed by atoms with Crippen molar-refractivity contribution < 1.29 is 5.73 Å². The Morgan fingerprint density at radius 3 is 2.40 bits per heavy atom. The van der Waals surface area contributed by atoms with Crippen LogP contribution in [-0.2, 0) is 0 Å². The van der Waals surface area contributed by atoms with Gasteiger partial charge in [-0.2, -0.15) is 0 Å². The number of quaternary nitrogens is 1. The predicted molar refractivity (Wildman–Crippen MR) is 41.3 cm³/mol. The molecule has 0 aromatic heterocycles. The molecule has 0 spiro atoms. The normalized spacial score (nSPS) is 48.0. The molecule has 2 saturated carbocycles. The monoisotopic (exact) mass is 140 g/mol. The van der Waals surface area contributed by atoms with E-state index >= 15 is 0 Å². The van der Waals surface area contributed by atoms with Crippen LogP contribution >= 0.6 is 0 Å². The van der Waals surface area contributed by atoms with E-state index in [1.807, 2.05) is 0 Å². The third-order valence-electron chi connectivity index (χ3n) is 3.52. The molecule has 0 aromatic carbocycles. The predicted octanol–water partition coefficient (Wildman–Crippen LogP) is 1.05. The van der Waals surface area contributed by atoms with E-state index in [0.29, 0.717) is 6.04 Å². The Hall–Kier alpha value is -0.0400. The molecule has 1 nitrogen and oxygen atoms in total. The summed E-state index contributed by atoms with van der Waals surface area (Å²) in [5, 5.41) is 0. The minimum atomic E-state index is 0.704. The summed E-state index contributed by atoms with van der Waals surface area (Å²) in [5.74, 6) is 3.15. The topological polar surface area (TPSA) is 27.6 Å². The average Bonchev–Trinajstić information content (AvgIpc) is 2.44. The van der Waals surface area contributed by atoms with Crippen molar-refractivity contribution in [3.63, 3.8) is 0 Å². The van der Waals surface area contributed by atoms with Crippen molar-refractivity contribution >= 4 is 0 Å². The van der Waals surface area contributed by atoms with E-state index in [1.54, 1.807) is 0 Å². The molecule has 10 heavy (non-hydrogen) atoms. The average molecular weight is 140 g/mol. The first-order valence-electron chi connectivity index (χ1n) is 4.60. The molecule has 1 heteroatoms. The lowest BCUT2D eigenvalue weighted by Gasteiger charge is -2.22. The Morgan fingerprint density at radius 1 is 1.30 bits per heavy atom. The van der Waals surface area contributed by atoms with E-state index in [-0.39, 0.29) is 0 Å². The molecule has 3 N–H and O–H groups in total. The van der Waals surface area contributed by atoms with E-state index in [0.717, 1.165) is 17.8 Å². The maximum atomic E-state index is 4.14. The van der Waals surface area contributed by atoms with Crippen molar-refractivity contribution in [2.75, 3.05) is 0 Å². The maximum absolute atomic E-state index is 4.14. The van der Waals surface area contributed by atoms with Gasteiger partial charge in [-0.3, -0.25) is 0 Å². The molecule has 4 atom stereocenters. The van der Waals surface area contributed by atoms with Gasteiger partial charge in [-0.05, 0) is 38.0 Å². The Kier molecular flexibility index (Phi) is 1.48. The van der Waals surface area contributed by atoms with Crippen LogP contribution in [0.25, 0.3) is 0 Å². The molecule has 2 rings (SSSR count). The summed E-state index contributed by atoms with van der Waals surface area (Å²) in [6.07, 6.45) is 6.06. The lowest BCUT2D eigenvalue weighted by atomic mass is 9.84. The zero-order valence-corrected chi connectivity index (χ0v) is 6.84. The second-order valence-electron chi connectivity index (χ2n) is 4.32. The van der Waals surface area contributed by atoms with E-state index in [2.05, 4.69) is 12.7 Å². The first-order chi connectivity index (χ1) is 4.77.